The minimum absolute atomic E-state index is 0.00907. The third-order valence-electron chi connectivity index (χ3n) is 23.3. The zero-order chi connectivity index (χ0) is 83.9. The van der Waals surface area contributed by atoms with E-state index in [2.05, 4.69) is 296 Å². The van der Waals surface area contributed by atoms with Gasteiger partial charge in [-0.15, -0.1) is 0 Å². The van der Waals surface area contributed by atoms with Crippen LogP contribution < -0.4 is 26.2 Å². The maximum absolute atomic E-state index is 13.0. The molecule has 6 nitrogen and oxygen atoms in total. The third-order valence-corrected chi connectivity index (χ3v) is 23.3. The molecule has 0 unspecified atom stereocenters. The standard InChI is InChI=1S/C105H99BN6/c1-64-39-41-65(42-40-64)70-55-97-99-98(56-70)112(94-61-78(109-88-33-24-20-29-79(88)80-30-21-25-34-89(80)109)60-83(84(94)62-107)71-51-76(104(14,15)16)59-77(52-71)105(17,18)19)96-54-67(69-49-74(102(8,9)10)58-75(50-69)103(11,12)13)44-46-87(96)106(99)86-45-43-66(68-47-72(100(2,3)4)57-73(48-68)101(5,6)7)53-95(86)111(97)93-38-28-37-92(85(93)63-108)110-90-35-26-22-31-81(90)82-32-23-27-36-91(82)110/h20-61H,1-19H3/i1D3,51D,52D,59D. The van der Waals surface area contributed by atoms with Crippen LogP contribution in [0.15, 0.2) is 255 Å². The van der Waals surface area contributed by atoms with Crippen LogP contribution in [0.5, 0.6) is 0 Å². The summed E-state index contributed by atoms with van der Waals surface area (Å²) in [5, 5.41) is 29.7. The minimum atomic E-state index is -2.41. The fourth-order valence-electron chi connectivity index (χ4n) is 17.0. The first-order valence-electron chi connectivity index (χ1n) is 42.4. The molecule has 0 atom stereocenters. The third kappa shape index (κ3) is 12.3. The monoisotopic (exact) mass is 1460 g/mol. The first-order valence-corrected chi connectivity index (χ1v) is 39.4. The van der Waals surface area contributed by atoms with E-state index < -0.39 is 24.4 Å². The van der Waals surface area contributed by atoms with E-state index in [-0.39, 0.29) is 56.5 Å². The average molecular weight is 1460 g/mol. The Morgan fingerprint density at radius 3 is 1.09 bits per heavy atom. The SMILES string of the molecule is [2H]c1c(-c2cc(-n3c4ccccc4c4ccccc43)cc(N3c4cc(-c5cc(C(C)(C)C)cc(C(C)(C)C)c5)ccc4B4c5ccc(-c6cc(C(C)(C)C)cc(C(C)(C)C)c6)cc5N(c5cccc(-n6c7ccccc7c7ccccc76)c5C#N)c5cc(-c6ccc(C([2H])([2H])[2H])cc6)cc3c54)c2C#N)c([2H])c(C(C)(C)C)c([2H])c1C(C)(C)C. The maximum atomic E-state index is 13.0. The average Bonchev–Trinajstić information content (AvgIpc) is 0.774. The number of aromatic nitrogens is 2. The van der Waals surface area contributed by atoms with Crippen LogP contribution >= 0.6 is 0 Å². The Hall–Kier alpha value is -11.9. The Kier molecular flexibility index (Phi) is 15.4. The molecule has 112 heavy (non-hydrogen) atoms. The van der Waals surface area contributed by atoms with E-state index >= 15 is 0 Å². The van der Waals surface area contributed by atoms with Gasteiger partial charge in [-0.25, -0.2) is 0 Å². The van der Waals surface area contributed by atoms with Crippen LogP contribution in [0.25, 0.3) is 99.5 Å². The number of nitrogens with zero attached hydrogens (tertiary/aromatic N) is 6. The molecule has 552 valence electrons. The lowest BCUT2D eigenvalue weighted by molar-refractivity contribution is 0.568. The predicted molar refractivity (Wildman–Crippen MR) is 477 cm³/mol. The van der Waals surface area contributed by atoms with E-state index in [0.717, 1.165) is 110 Å². The lowest BCUT2D eigenvalue weighted by Crippen LogP contribution is -2.61. The number of aryl methyl sites for hydroxylation is 1. The second-order valence-corrected chi connectivity index (χ2v) is 37.3. The number of nitriles is 2. The highest BCUT2D eigenvalue weighted by molar-refractivity contribution is 7.00. The summed E-state index contributed by atoms with van der Waals surface area (Å²) in [5.74, 6) is 0. The van der Waals surface area contributed by atoms with Crippen molar-refractivity contribution in [3.8, 4) is 68.0 Å². The van der Waals surface area contributed by atoms with Gasteiger partial charge in [0, 0.05) is 59.7 Å². The summed E-state index contributed by atoms with van der Waals surface area (Å²) in [7, 11) is 0. The van der Waals surface area contributed by atoms with Crippen molar-refractivity contribution in [3.05, 3.63) is 305 Å². The van der Waals surface area contributed by atoms with E-state index in [4.69, 9.17) is 4.11 Å². The van der Waals surface area contributed by atoms with Crippen molar-refractivity contribution in [1.29, 1.82) is 10.5 Å². The van der Waals surface area contributed by atoms with Crippen LogP contribution in [-0.4, -0.2) is 15.8 Å². The van der Waals surface area contributed by atoms with Crippen LogP contribution in [0.3, 0.4) is 0 Å². The predicted octanol–water partition coefficient (Wildman–Crippen LogP) is 26.5. The van der Waals surface area contributed by atoms with E-state index in [1.54, 1.807) is 12.1 Å². The summed E-state index contributed by atoms with van der Waals surface area (Å²) in [4.78, 5) is 4.58. The van der Waals surface area contributed by atoms with Crippen molar-refractivity contribution in [2.24, 2.45) is 0 Å². The van der Waals surface area contributed by atoms with Crippen LogP contribution in [-0.2, 0) is 32.5 Å². The van der Waals surface area contributed by atoms with Crippen LogP contribution in [0.4, 0.5) is 34.1 Å². The zero-order valence-corrected chi connectivity index (χ0v) is 67.8. The molecule has 0 saturated carbocycles. The van der Waals surface area contributed by atoms with E-state index in [1.807, 2.05) is 84.0 Å². The lowest BCUT2D eigenvalue weighted by Gasteiger charge is -2.45. The smallest absolute Gasteiger partial charge is 0.252 e. The molecule has 0 N–H and O–H groups in total. The van der Waals surface area contributed by atoms with Gasteiger partial charge in [0.25, 0.3) is 6.71 Å². The van der Waals surface area contributed by atoms with Crippen LogP contribution in [0.2, 0.25) is 0 Å². The molecule has 0 bridgehead atoms. The fourth-order valence-corrected chi connectivity index (χ4v) is 17.0. The lowest BCUT2D eigenvalue weighted by atomic mass is 9.33. The van der Waals surface area contributed by atoms with Crippen molar-refractivity contribution in [1.82, 2.24) is 9.13 Å². The van der Waals surface area contributed by atoms with Gasteiger partial charge in [-0.05, 0) is 201 Å². The van der Waals surface area contributed by atoms with Gasteiger partial charge in [0.2, 0.25) is 0 Å². The number of hydrogen-bond acceptors (Lipinski definition) is 4. The number of fused-ring (bicyclic) bond motifs is 10. The molecule has 0 saturated heterocycles. The number of rotatable bonds is 8. The first-order chi connectivity index (χ1) is 55.6. The number of benzene rings is 13. The summed E-state index contributed by atoms with van der Waals surface area (Å²) in [6.07, 6.45) is 0. The quantitative estimate of drug-likeness (QED) is 0.142. The van der Waals surface area contributed by atoms with Gasteiger partial charge in [-0.1, -0.05) is 312 Å². The number of para-hydroxylation sites is 4. The Balaban J connectivity index is 1.08. The molecule has 0 amide bonds. The number of anilines is 6. The van der Waals surface area contributed by atoms with E-state index in [0.29, 0.717) is 50.7 Å². The summed E-state index contributed by atoms with van der Waals surface area (Å²) >= 11 is 0. The normalized spacial score (nSPS) is 14.1. The van der Waals surface area contributed by atoms with E-state index in [1.165, 1.54) is 22.3 Å². The van der Waals surface area contributed by atoms with E-state index in [9.17, 15) is 14.6 Å². The van der Waals surface area contributed by atoms with Crippen LogP contribution in [0.1, 0.15) is 183 Å². The van der Waals surface area contributed by atoms with Crippen molar-refractivity contribution < 1.29 is 8.22 Å². The summed E-state index contributed by atoms with van der Waals surface area (Å²) in [5.41, 5.74) is 22.2. The minimum Gasteiger partial charge on any atom is -0.310 e. The van der Waals surface area contributed by atoms with Gasteiger partial charge in [-0.3, -0.25) is 0 Å². The van der Waals surface area contributed by atoms with Crippen molar-refractivity contribution in [2.45, 2.75) is 164 Å². The highest BCUT2D eigenvalue weighted by Crippen LogP contribution is 2.53. The Morgan fingerprint density at radius 1 is 0.304 bits per heavy atom. The van der Waals surface area contributed by atoms with Crippen LogP contribution in [0, 0.1) is 29.5 Å². The Labute approximate surface area is 671 Å². The van der Waals surface area contributed by atoms with Gasteiger partial charge in [-0.2, -0.15) is 10.5 Å². The fraction of sp³-hybridized carbons (Fsp3) is 0.238. The second kappa shape index (κ2) is 26.1. The molecule has 0 fully saturated rings. The summed E-state index contributed by atoms with van der Waals surface area (Å²) in [6.45, 7) is 36.4. The Bertz CT molecular complexity index is 6600. The van der Waals surface area contributed by atoms with Gasteiger partial charge < -0.3 is 18.9 Å². The van der Waals surface area contributed by atoms with Crippen molar-refractivity contribution in [3.63, 3.8) is 0 Å². The molecular formula is C105H99BN6. The van der Waals surface area contributed by atoms with Gasteiger partial charge in [0.15, 0.2) is 0 Å². The Morgan fingerprint density at radius 2 is 0.679 bits per heavy atom. The molecule has 2 aliphatic rings. The maximum Gasteiger partial charge on any atom is 0.252 e. The van der Waals surface area contributed by atoms with Gasteiger partial charge in [0.1, 0.15) is 17.7 Å². The first kappa shape index (κ1) is 65.9. The second-order valence-electron chi connectivity index (χ2n) is 37.3. The summed E-state index contributed by atoms with van der Waals surface area (Å²) < 4.78 is 62.1. The molecule has 2 aromatic heterocycles. The molecule has 0 spiro atoms. The molecule has 0 radical (unpaired) electrons. The highest BCUT2D eigenvalue weighted by atomic mass is 15.2. The molecule has 7 heteroatoms. The van der Waals surface area contributed by atoms with Crippen molar-refractivity contribution in [2.75, 3.05) is 9.80 Å². The largest absolute Gasteiger partial charge is 0.310 e. The molecule has 0 aliphatic carbocycles. The molecule has 13 aromatic carbocycles. The molecule has 4 heterocycles. The molecule has 15 aromatic rings. The van der Waals surface area contributed by atoms with Gasteiger partial charge >= 0.3 is 0 Å². The summed E-state index contributed by atoms with van der Waals surface area (Å²) in [6, 6.07) is 89.1. The van der Waals surface area contributed by atoms with Crippen molar-refractivity contribution >= 4 is 101 Å². The van der Waals surface area contributed by atoms with Gasteiger partial charge in [0.05, 0.1) is 48.8 Å². The molecular weight excluding hydrogens is 1360 g/mol. The molecule has 2 aliphatic heterocycles. The highest BCUT2D eigenvalue weighted by Gasteiger charge is 2.46. The topological polar surface area (TPSA) is 63.9 Å². The zero-order valence-electron chi connectivity index (χ0n) is 73.8. The molecule has 17 rings (SSSR count). The number of hydrogen-bond donors (Lipinski definition) is 0.